The highest BCUT2D eigenvalue weighted by molar-refractivity contribution is 5.82. The van der Waals surface area contributed by atoms with Crippen molar-refractivity contribution in [3.05, 3.63) is 0 Å². The van der Waals surface area contributed by atoms with E-state index in [9.17, 15) is 9.59 Å². The Kier molecular flexibility index (Phi) is 4.76. The van der Waals surface area contributed by atoms with Gasteiger partial charge in [0.1, 0.15) is 6.10 Å². The first-order valence-electron chi connectivity index (χ1n) is 6.91. The number of nitrogens with one attached hydrogen (secondary N) is 1. The maximum Gasteiger partial charge on any atom is 0.332 e. The SMILES string of the molecule is CN1CCC(CNC(=O)[C@@H]2CC[C@H](C(=O)O)O2)CC1. The van der Waals surface area contributed by atoms with Crippen molar-refractivity contribution in [1.82, 2.24) is 10.2 Å². The quantitative estimate of drug-likeness (QED) is 0.756. The molecule has 0 aromatic rings. The lowest BCUT2D eigenvalue weighted by molar-refractivity contribution is -0.151. The molecule has 0 unspecified atom stereocenters. The van der Waals surface area contributed by atoms with Crippen LogP contribution >= 0.6 is 0 Å². The van der Waals surface area contributed by atoms with Gasteiger partial charge in [-0.05, 0) is 51.7 Å². The van der Waals surface area contributed by atoms with Gasteiger partial charge < -0.3 is 20.1 Å². The third kappa shape index (κ3) is 3.91. The van der Waals surface area contributed by atoms with E-state index in [1.165, 1.54) is 0 Å². The average Bonchev–Trinajstić information content (AvgIpc) is 2.87. The summed E-state index contributed by atoms with van der Waals surface area (Å²) in [7, 11) is 2.10. The van der Waals surface area contributed by atoms with E-state index in [1.807, 2.05) is 0 Å². The minimum absolute atomic E-state index is 0.164. The number of rotatable bonds is 4. The number of likely N-dealkylation sites (tertiary alicyclic amines) is 1. The fourth-order valence-corrected chi connectivity index (χ4v) is 2.64. The Morgan fingerprint density at radius 3 is 2.42 bits per heavy atom. The molecule has 2 N–H and O–H groups in total. The van der Waals surface area contributed by atoms with Gasteiger partial charge in [0.2, 0.25) is 5.91 Å². The number of hydrogen-bond acceptors (Lipinski definition) is 4. The minimum Gasteiger partial charge on any atom is -0.479 e. The van der Waals surface area contributed by atoms with Crippen molar-refractivity contribution in [1.29, 1.82) is 0 Å². The van der Waals surface area contributed by atoms with Crippen LogP contribution < -0.4 is 5.32 Å². The Labute approximate surface area is 113 Å². The Morgan fingerprint density at radius 1 is 1.21 bits per heavy atom. The highest BCUT2D eigenvalue weighted by Gasteiger charge is 2.34. The second kappa shape index (κ2) is 6.34. The van der Waals surface area contributed by atoms with Crippen LogP contribution in [-0.2, 0) is 14.3 Å². The first-order valence-corrected chi connectivity index (χ1v) is 6.91. The third-order valence-electron chi connectivity index (χ3n) is 3.99. The highest BCUT2D eigenvalue weighted by atomic mass is 16.5. The Hall–Kier alpha value is -1.14. The largest absolute Gasteiger partial charge is 0.479 e. The average molecular weight is 270 g/mol. The van der Waals surface area contributed by atoms with Crippen molar-refractivity contribution in [3.8, 4) is 0 Å². The van der Waals surface area contributed by atoms with E-state index in [0.29, 0.717) is 25.3 Å². The van der Waals surface area contributed by atoms with Crippen molar-refractivity contribution in [2.45, 2.75) is 37.9 Å². The number of carbonyl (C=O) groups excluding carboxylic acids is 1. The molecule has 2 saturated heterocycles. The Balaban J connectivity index is 1.69. The summed E-state index contributed by atoms with van der Waals surface area (Å²) in [6.07, 6.45) is 1.70. The van der Waals surface area contributed by atoms with Gasteiger partial charge in [-0.15, -0.1) is 0 Å². The lowest BCUT2D eigenvalue weighted by Gasteiger charge is -2.29. The van der Waals surface area contributed by atoms with E-state index >= 15 is 0 Å². The number of amides is 1. The van der Waals surface area contributed by atoms with E-state index in [-0.39, 0.29) is 5.91 Å². The van der Waals surface area contributed by atoms with Gasteiger partial charge in [0.05, 0.1) is 0 Å². The molecule has 0 radical (unpaired) electrons. The summed E-state index contributed by atoms with van der Waals surface area (Å²) in [6.45, 7) is 2.81. The molecule has 108 valence electrons. The number of aliphatic carboxylic acids is 1. The van der Waals surface area contributed by atoms with Gasteiger partial charge in [0.15, 0.2) is 6.10 Å². The van der Waals surface area contributed by atoms with Crippen LogP contribution in [0.3, 0.4) is 0 Å². The molecule has 2 atom stereocenters. The second-order valence-electron chi connectivity index (χ2n) is 5.52. The maximum atomic E-state index is 11.9. The van der Waals surface area contributed by atoms with Gasteiger partial charge >= 0.3 is 5.97 Å². The summed E-state index contributed by atoms with van der Waals surface area (Å²) < 4.78 is 5.22. The molecular formula is C13H22N2O4. The standard InChI is InChI=1S/C13H22N2O4/c1-15-6-4-9(5-7-15)8-14-12(16)10-2-3-11(19-10)13(17)18/h9-11H,2-8H2,1H3,(H,14,16)(H,17,18)/t10-,11+/m0/s1. The van der Waals surface area contributed by atoms with E-state index < -0.39 is 18.2 Å². The summed E-state index contributed by atoms with van der Waals surface area (Å²) in [6, 6.07) is 0. The molecule has 2 aliphatic rings. The maximum absolute atomic E-state index is 11.9. The van der Waals surface area contributed by atoms with E-state index in [4.69, 9.17) is 9.84 Å². The lowest BCUT2D eigenvalue weighted by atomic mass is 9.97. The molecule has 1 amide bonds. The van der Waals surface area contributed by atoms with Crippen LogP contribution in [0, 0.1) is 5.92 Å². The number of carbonyl (C=O) groups is 2. The predicted octanol–water partition coefficient (Wildman–Crippen LogP) is 0.0766. The van der Waals surface area contributed by atoms with Crippen molar-refractivity contribution in [2.75, 3.05) is 26.7 Å². The molecule has 2 aliphatic heterocycles. The first-order chi connectivity index (χ1) is 9.06. The van der Waals surface area contributed by atoms with Crippen LogP contribution in [-0.4, -0.2) is 60.8 Å². The summed E-state index contributed by atoms with van der Waals surface area (Å²) in [5, 5.41) is 11.7. The van der Waals surface area contributed by atoms with Crippen LogP contribution in [0.5, 0.6) is 0 Å². The van der Waals surface area contributed by atoms with Crippen LogP contribution in [0.4, 0.5) is 0 Å². The molecule has 2 rings (SSSR count). The van der Waals surface area contributed by atoms with Gasteiger partial charge in [-0.25, -0.2) is 4.79 Å². The fraction of sp³-hybridized carbons (Fsp3) is 0.846. The topological polar surface area (TPSA) is 78.9 Å². The number of carboxylic acid groups (broad SMARTS) is 1. The van der Waals surface area contributed by atoms with E-state index in [2.05, 4.69) is 17.3 Å². The van der Waals surface area contributed by atoms with Gasteiger partial charge in [-0.1, -0.05) is 0 Å². The molecule has 0 aromatic carbocycles. The molecule has 2 fully saturated rings. The third-order valence-corrected chi connectivity index (χ3v) is 3.99. The summed E-state index contributed by atoms with van der Waals surface area (Å²) in [4.78, 5) is 24.9. The zero-order chi connectivity index (χ0) is 13.8. The fourth-order valence-electron chi connectivity index (χ4n) is 2.64. The summed E-state index contributed by atoms with van der Waals surface area (Å²) in [5.74, 6) is -0.620. The number of ether oxygens (including phenoxy) is 1. The monoisotopic (exact) mass is 270 g/mol. The smallest absolute Gasteiger partial charge is 0.332 e. The van der Waals surface area contributed by atoms with Gasteiger partial charge in [-0.2, -0.15) is 0 Å². The van der Waals surface area contributed by atoms with Crippen LogP contribution in [0.25, 0.3) is 0 Å². The molecule has 0 aromatic heterocycles. The summed E-state index contributed by atoms with van der Waals surface area (Å²) >= 11 is 0. The van der Waals surface area contributed by atoms with E-state index in [0.717, 1.165) is 25.9 Å². The normalized spacial score (nSPS) is 29.3. The van der Waals surface area contributed by atoms with E-state index in [1.54, 1.807) is 0 Å². The van der Waals surface area contributed by atoms with Crippen molar-refractivity contribution >= 4 is 11.9 Å². The molecule has 19 heavy (non-hydrogen) atoms. The highest BCUT2D eigenvalue weighted by Crippen LogP contribution is 2.20. The first kappa shape index (κ1) is 14.3. The van der Waals surface area contributed by atoms with Crippen LogP contribution in [0.15, 0.2) is 0 Å². The molecule has 0 bridgehead atoms. The molecule has 0 aliphatic carbocycles. The second-order valence-corrected chi connectivity index (χ2v) is 5.52. The Morgan fingerprint density at radius 2 is 1.84 bits per heavy atom. The summed E-state index contributed by atoms with van der Waals surface area (Å²) in [5.41, 5.74) is 0. The molecule has 6 nitrogen and oxygen atoms in total. The lowest BCUT2D eigenvalue weighted by Crippen LogP contribution is -2.41. The van der Waals surface area contributed by atoms with Crippen LogP contribution in [0.2, 0.25) is 0 Å². The zero-order valence-corrected chi connectivity index (χ0v) is 11.3. The van der Waals surface area contributed by atoms with Gasteiger partial charge in [0, 0.05) is 6.54 Å². The zero-order valence-electron chi connectivity index (χ0n) is 11.3. The van der Waals surface area contributed by atoms with Crippen molar-refractivity contribution in [3.63, 3.8) is 0 Å². The van der Waals surface area contributed by atoms with Crippen LogP contribution in [0.1, 0.15) is 25.7 Å². The minimum atomic E-state index is -0.981. The molecule has 6 heteroatoms. The van der Waals surface area contributed by atoms with Gasteiger partial charge in [0.25, 0.3) is 0 Å². The molecule has 0 saturated carbocycles. The predicted molar refractivity (Wildman–Crippen MR) is 68.8 cm³/mol. The Bertz CT molecular complexity index is 340. The van der Waals surface area contributed by atoms with Crippen molar-refractivity contribution in [2.24, 2.45) is 5.92 Å². The number of hydrogen-bond donors (Lipinski definition) is 2. The molecule has 0 spiro atoms. The van der Waals surface area contributed by atoms with Crippen molar-refractivity contribution < 1.29 is 19.4 Å². The molecular weight excluding hydrogens is 248 g/mol. The van der Waals surface area contributed by atoms with Gasteiger partial charge in [-0.3, -0.25) is 4.79 Å². The number of piperidine rings is 1. The molecule has 2 heterocycles. The number of carboxylic acids is 1. The number of nitrogens with zero attached hydrogens (tertiary/aromatic N) is 1.